The molecule has 0 aliphatic rings. The van der Waals surface area contributed by atoms with Crippen molar-refractivity contribution in [3.63, 3.8) is 0 Å². The van der Waals surface area contributed by atoms with Crippen LogP contribution >= 0.6 is 0 Å². The zero-order chi connectivity index (χ0) is 17.9. The third-order valence-electron chi connectivity index (χ3n) is 3.31. The van der Waals surface area contributed by atoms with Crippen molar-refractivity contribution in [2.24, 2.45) is 0 Å². The number of rotatable bonds is 2. The number of nitrogens with zero attached hydrogens (tertiary/aromatic N) is 1. The van der Waals surface area contributed by atoms with E-state index in [2.05, 4.69) is 5.43 Å². The molecule has 2 amide bonds. The highest BCUT2D eigenvalue weighted by molar-refractivity contribution is 5.99. The van der Waals surface area contributed by atoms with Crippen molar-refractivity contribution in [1.82, 2.24) is 10.4 Å². The van der Waals surface area contributed by atoms with Crippen molar-refractivity contribution in [2.45, 2.75) is 26.3 Å². The van der Waals surface area contributed by atoms with Gasteiger partial charge in [0.05, 0.1) is 11.1 Å². The van der Waals surface area contributed by atoms with Crippen molar-refractivity contribution in [3.8, 4) is 0 Å². The average molecular weight is 332 g/mol. The van der Waals surface area contributed by atoms with Gasteiger partial charge in [-0.05, 0) is 45.0 Å². The van der Waals surface area contributed by atoms with Crippen LogP contribution in [0.2, 0.25) is 0 Å². The van der Waals surface area contributed by atoms with Crippen LogP contribution in [0.4, 0.5) is 8.78 Å². The van der Waals surface area contributed by atoms with E-state index >= 15 is 0 Å². The third-order valence-corrected chi connectivity index (χ3v) is 3.31. The van der Waals surface area contributed by atoms with Gasteiger partial charge in [-0.3, -0.25) is 15.0 Å². The molecule has 0 heterocycles. The molecule has 1 N–H and O–H groups in total. The van der Waals surface area contributed by atoms with E-state index in [1.165, 1.54) is 12.1 Å². The predicted octanol–water partition coefficient (Wildman–Crippen LogP) is 3.55. The molecule has 0 aromatic heterocycles. The van der Waals surface area contributed by atoms with Crippen molar-refractivity contribution in [1.29, 1.82) is 0 Å². The molecule has 0 bridgehead atoms. The second-order valence-electron chi connectivity index (χ2n) is 6.22. The Bertz CT molecular complexity index is 755. The first kappa shape index (κ1) is 17.6. The van der Waals surface area contributed by atoms with E-state index in [4.69, 9.17) is 0 Å². The summed E-state index contributed by atoms with van der Waals surface area (Å²) in [5, 5.41) is 1.00. The van der Waals surface area contributed by atoms with E-state index < -0.39 is 34.6 Å². The fraction of sp³-hybridized carbons (Fsp3) is 0.222. The van der Waals surface area contributed by atoms with Gasteiger partial charge in [-0.25, -0.2) is 13.8 Å². The van der Waals surface area contributed by atoms with Crippen LogP contribution in [-0.4, -0.2) is 22.4 Å². The molecule has 2 rings (SSSR count). The summed E-state index contributed by atoms with van der Waals surface area (Å²) in [7, 11) is 0. The fourth-order valence-electron chi connectivity index (χ4n) is 2.07. The molecule has 0 radical (unpaired) electrons. The third kappa shape index (κ3) is 3.76. The summed E-state index contributed by atoms with van der Waals surface area (Å²) in [5.74, 6) is -3.71. The zero-order valence-corrected chi connectivity index (χ0v) is 13.6. The van der Waals surface area contributed by atoms with Crippen molar-refractivity contribution in [2.75, 3.05) is 0 Å². The SMILES string of the molecule is CC(C)(C)N(NC(=O)c1ccccc1)C(=O)c1cccc(F)c1F. The summed E-state index contributed by atoms with van der Waals surface area (Å²) in [6.45, 7) is 5.02. The number of nitrogens with one attached hydrogen (secondary N) is 1. The Hall–Kier alpha value is -2.76. The molecule has 6 heteroatoms. The minimum atomic E-state index is -1.24. The van der Waals surface area contributed by atoms with Gasteiger partial charge in [-0.15, -0.1) is 0 Å². The monoisotopic (exact) mass is 332 g/mol. The molecule has 0 aliphatic heterocycles. The summed E-state index contributed by atoms with van der Waals surface area (Å²) in [4.78, 5) is 25.0. The second-order valence-corrected chi connectivity index (χ2v) is 6.22. The zero-order valence-electron chi connectivity index (χ0n) is 13.6. The first-order chi connectivity index (χ1) is 11.2. The van der Waals surface area contributed by atoms with E-state index in [1.807, 2.05) is 0 Å². The molecular formula is C18H18F2N2O2. The fourth-order valence-corrected chi connectivity index (χ4v) is 2.07. The van der Waals surface area contributed by atoms with Crippen LogP contribution in [0.1, 0.15) is 41.5 Å². The molecule has 0 fully saturated rings. The van der Waals surface area contributed by atoms with Crippen molar-refractivity contribution < 1.29 is 18.4 Å². The van der Waals surface area contributed by atoms with Crippen LogP contribution in [0.3, 0.4) is 0 Å². The highest BCUT2D eigenvalue weighted by atomic mass is 19.2. The molecule has 0 atom stereocenters. The van der Waals surface area contributed by atoms with E-state index in [0.717, 1.165) is 11.1 Å². The minimum Gasteiger partial charge on any atom is -0.267 e. The summed E-state index contributed by atoms with van der Waals surface area (Å²) >= 11 is 0. The first-order valence-electron chi connectivity index (χ1n) is 7.36. The highest BCUT2D eigenvalue weighted by Crippen LogP contribution is 2.19. The lowest BCUT2D eigenvalue weighted by atomic mass is 10.1. The molecule has 126 valence electrons. The largest absolute Gasteiger partial charge is 0.275 e. The highest BCUT2D eigenvalue weighted by Gasteiger charge is 2.31. The average Bonchev–Trinajstić information content (AvgIpc) is 2.54. The lowest BCUT2D eigenvalue weighted by Gasteiger charge is -2.35. The number of hydrazine groups is 1. The van der Waals surface area contributed by atoms with Crippen LogP contribution < -0.4 is 5.43 Å². The van der Waals surface area contributed by atoms with E-state index in [0.29, 0.717) is 5.56 Å². The Morgan fingerprint density at radius 1 is 0.958 bits per heavy atom. The standard InChI is InChI=1S/C18H18F2N2O2/c1-18(2,3)22(21-16(23)12-8-5-4-6-9-12)17(24)13-10-7-11-14(19)15(13)20/h4-11H,1-3H3,(H,21,23). The lowest BCUT2D eigenvalue weighted by molar-refractivity contribution is 0.0354. The van der Waals surface area contributed by atoms with E-state index in [-0.39, 0.29) is 0 Å². The van der Waals surface area contributed by atoms with Gasteiger partial charge < -0.3 is 0 Å². The molecule has 2 aromatic carbocycles. The quantitative estimate of drug-likeness (QED) is 0.855. The van der Waals surface area contributed by atoms with Gasteiger partial charge >= 0.3 is 0 Å². The number of hydrogen-bond donors (Lipinski definition) is 1. The van der Waals surface area contributed by atoms with Gasteiger partial charge in [0.15, 0.2) is 11.6 Å². The topological polar surface area (TPSA) is 49.4 Å². The maximum atomic E-state index is 13.9. The second kappa shape index (κ2) is 6.78. The van der Waals surface area contributed by atoms with Crippen LogP contribution in [-0.2, 0) is 0 Å². The predicted molar refractivity (Wildman–Crippen MR) is 86.2 cm³/mol. The van der Waals surface area contributed by atoms with Crippen molar-refractivity contribution >= 4 is 11.8 Å². The van der Waals surface area contributed by atoms with Crippen molar-refractivity contribution in [3.05, 3.63) is 71.3 Å². The Morgan fingerprint density at radius 3 is 2.17 bits per heavy atom. The molecule has 0 spiro atoms. The molecule has 2 aromatic rings. The smallest absolute Gasteiger partial charge is 0.267 e. The van der Waals surface area contributed by atoms with Crippen LogP contribution in [0.15, 0.2) is 48.5 Å². The van der Waals surface area contributed by atoms with Crippen LogP contribution in [0.25, 0.3) is 0 Å². The molecule has 24 heavy (non-hydrogen) atoms. The normalized spacial score (nSPS) is 11.0. The molecule has 0 unspecified atom stereocenters. The summed E-state index contributed by atoms with van der Waals surface area (Å²) in [6, 6.07) is 11.6. The maximum absolute atomic E-state index is 13.9. The number of amides is 2. The van der Waals surface area contributed by atoms with E-state index in [1.54, 1.807) is 51.1 Å². The minimum absolute atomic E-state index is 0.347. The van der Waals surface area contributed by atoms with Gasteiger partial charge in [0.1, 0.15) is 0 Å². The number of halogens is 2. The number of carbonyl (C=O) groups excluding carboxylic acids is 2. The summed E-state index contributed by atoms with van der Waals surface area (Å²) in [6.07, 6.45) is 0. The van der Waals surface area contributed by atoms with Gasteiger partial charge in [-0.2, -0.15) is 0 Å². The molecular weight excluding hydrogens is 314 g/mol. The first-order valence-corrected chi connectivity index (χ1v) is 7.36. The van der Waals surface area contributed by atoms with Gasteiger partial charge in [0.2, 0.25) is 0 Å². The Labute approximate surface area is 139 Å². The molecule has 0 aliphatic carbocycles. The molecule has 0 saturated carbocycles. The number of carbonyl (C=O) groups is 2. The molecule has 0 saturated heterocycles. The van der Waals surface area contributed by atoms with Gasteiger partial charge in [0.25, 0.3) is 11.8 Å². The summed E-state index contributed by atoms with van der Waals surface area (Å²) in [5.41, 5.74) is 1.53. The number of benzene rings is 2. The van der Waals surface area contributed by atoms with Gasteiger partial charge in [0, 0.05) is 5.56 Å². The Morgan fingerprint density at radius 2 is 1.58 bits per heavy atom. The lowest BCUT2D eigenvalue weighted by Crippen LogP contribution is -2.56. The van der Waals surface area contributed by atoms with E-state index in [9.17, 15) is 18.4 Å². The Balaban J connectivity index is 2.34. The summed E-state index contributed by atoms with van der Waals surface area (Å²) < 4.78 is 27.3. The Kier molecular flexibility index (Phi) is 4.97. The number of hydrogen-bond acceptors (Lipinski definition) is 2. The van der Waals surface area contributed by atoms with Crippen LogP contribution in [0, 0.1) is 11.6 Å². The molecule has 4 nitrogen and oxygen atoms in total. The maximum Gasteiger partial charge on any atom is 0.275 e. The van der Waals surface area contributed by atoms with Crippen LogP contribution in [0.5, 0.6) is 0 Å². The van der Waals surface area contributed by atoms with Gasteiger partial charge in [-0.1, -0.05) is 24.3 Å².